The van der Waals surface area contributed by atoms with Crippen molar-refractivity contribution in [3.63, 3.8) is 0 Å². The molecule has 1 aromatic rings. The molecule has 1 saturated carbocycles. The van der Waals surface area contributed by atoms with Crippen LogP contribution in [0.3, 0.4) is 0 Å². The molecule has 0 bridgehead atoms. The molecule has 0 spiro atoms. The number of aliphatic hydroxyl groups is 1. The second-order valence-electron chi connectivity index (χ2n) is 5.38. The van der Waals surface area contributed by atoms with Crippen LogP contribution >= 0.6 is 0 Å². The van der Waals surface area contributed by atoms with Gasteiger partial charge in [-0.05, 0) is 19.3 Å². The fourth-order valence-corrected chi connectivity index (χ4v) is 2.62. The number of carbonyl (C=O) groups is 1. The molecule has 2 amide bonds. The maximum atomic E-state index is 12.1. The fraction of sp³-hybridized carbons (Fsp3) is 0.769. The summed E-state index contributed by atoms with van der Waals surface area (Å²) < 4.78 is 4.93. The molecule has 7 nitrogen and oxygen atoms in total. The highest BCUT2D eigenvalue weighted by Crippen LogP contribution is 2.29. The van der Waals surface area contributed by atoms with Gasteiger partial charge in [0, 0.05) is 6.92 Å². The lowest BCUT2D eigenvalue weighted by Gasteiger charge is -2.28. The Morgan fingerprint density at radius 1 is 1.50 bits per heavy atom. The largest absolute Gasteiger partial charge is 0.394 e. The Kier molecular flexibility index (Phi) is 4.59. The molecule has 1 aliphatic rings. The number of nitrogens with zero attached hydrogens (tertiary/aromatic N) is 2. The second kappa shape index (κ2) is 6.21. The van der Waals surface area contributed by atoms with Crippen molar-refractivity contribution in [3.8, 4) is 0 Å². The van der Waals surface area contributed by atoms with Gasteiger partial charge in [-0.3, -0.25) is 0 Å². The van der Waals surface area contributed by atoms with Gasteiger partial charge < -0.3 is 20.3 Å². The van der Waals surface area contributed by atoms with Crippen LogP contribution in [0, 0.1) is 6.92 Å². The van der Waals surface area contributed by atoms with Crippen molar-refractivity contribution in [2.45, 2.75) is 57.5 Å². The van der Waals surface area contributed by atoms with Crippen molar-refractivity contribution < 1.29 is 14.4 Å². The highest BCUT2D eigenvalue weighted by Gasteiger charge is 2.35. The molecule has 20 heavy (non-hydrogen) atoms. The Morgan fingerprint density at radius 2 is 2.20 bits per heavy atom. The molecular formula is C13H22N4O3. The lowest BCUT2D eigenvalue weighted by atomic mass is 9.99. The third kappa shape index (κ3) is 3.27. The van der Waals surface area contributed by atoms with Crippen LogP contribution in [0.5, 0.6) is 0 Å². The summed E-state index contributed by atoms with van der Waals surface area (Å²) in [6, 6.07) is -0.583. The molecular weight excluding hydrogens is 260 g/mol. The van der Waals surface area contributed by atoms with Crippen molar-refractivity contribution in [1.82, 2.24) is 20.8 Å². The quantitative estimate of drug-likeness (QED) is 0.758. The van der Waals surface area contributed by atoms with Gasteiger partial charge in [-0.1, -0.05) is 24.9 Å². The van der Waals surface area contributed by atoms with Crippen LogP contribution in [0.1, 0.15) is 56.8 Å². The summed E-state index contributed by atoms with van der Waals surface area (Å²) in [5.41, 5.74) is -0.477. The highest BCUT2D eigenvalue weighted by atomic mass is 16.5. The summed E-state index contributed by atoms with van der Waals surface area (Å²) in [6.45, 7) is 3.62. The van der Waals surface area contributed by atoms with E-state index < -0.39 is 5.54 Å². The highest BCUT2D eigenvalue weighted by molar-refractivity contribution is 5.75. The zero-order valence-electron chi connectivity index (χ0n) is 12.0. The first-order valence-corrected chi connectivity index (χ1v) is 7.08. The summed E-state index contributed by atoms with van der Waals surface area (Å²) >= 11 is 0. The number of aliphatic hydroxyl groups excluding tert-OH is 1. The minimum Gasteiger partial charge on any atom is -0.394 e. The predicted octanol–water partition coefficient (Wildman–Crippen LogP) is 1.43. The second-order valence-corrected chi connectivity index (χ2v) is 5.38. The number of carbonyl (C=O) groups excluding carboxylic acids is 1. The normalized spacial score (nSPS) is 18.8. The Hall–Kier alpha value is -1.63. The number of rotatable bonds is 5. The Bertz CT molecular complexity index is 454. The monoisotopic (exact) mass is 282 g/mol. The van der Waals surface area contributed by atoms with Crippen molar-refractivity contribution in [1.29, 1.82) is 0 Å². The molecule has 1 atom stereocenters. The van der Waals surface area contributed by atoms with Crippen molar-refractivity contribution >= 4 is 6.03 Å². The molecule has 112 valence electrons. The van der Waals surface area contributed by atoms with E-state index in [4.69, 9.17) is 4.52 Å². The summed E-state index contributed by atoms with van der Waals surface area (Å²) in [7, 11) is 0. The SMILES string of the molecule is CCC(NC(=O)NC1(CO)CCCC1)c1noc(C)n1. The first-order valence-electron chi connectivity index (χ1n) is 7.08. The van der Waals surface area contributed by atoms with Gasteiger partial charge in [0.15, 0.2) is 5.82 Å². The van der Waals surface area contributed by atoms with Gasteiger partial charge >= 0.3 is 6.03 Å². The van der Waals surface area contributed by atoms with E-state index in [0.717, 1.165) is 25.7 Å². The van der Waals surface area contributed by atoms with E-state index in [2.05, 4.69) is 20.8 Å². The van der Waals surface area contributed by atoms with Gasteiger partial charge in [0.2, 0.25) is 5.89 Å². The number of amides is 2. The summed E-state index contributed by atoms with van der Waals surface area (Å²) in [6.07, 6.45) is 4.35. The molecule has 0 aromatic carbocycles. The van der Waals surface area contributed by atoms with Crippen molar-refractivity contribution in [2.24, 2.45) is 0 Å². The van der Waals surface area contributed by atoms with Crippen molar-refractivity contribution in [2.75, 3.05) is 6.61 Å². The average Bonchev–Trinajstić information content (AvgIpc) is 3.06. The van der Waals surface area contributed by atoms with Gasteiger partial charge in [0.1, 0.15) is 0 Å². The molecule has 0 radical (unpaired) electrons. The molecule has 7 heteroatoms. The Morgan fingerprint density at radius 3 is 2.70 bits per heavy atom. The van der Waals surface area contributed by atoms with Gasteiger partial charge in [-0.2, -0.15) is 4.98 Å². The first-order chi connectivity index (χ1) is 9.58. The van der Waals surface area contributed by atoms with Crippen LogP contribution in [0.25, 0.3) is 0 Å². The molecule has 1 fully saturated rings. The first kappa shape index (κ1) is 14.8. The standard InChI is InChI=1S/C13H22N4O3/c1-3-10(11-14-9(2)20-17-11)15-12(19)16-13(8-18)6-4-5-7-13/h10,18H,3-8H2,1-2H3,(H2,15,16,19). The molecule has 1 aliphatic carbocycles. The number of nitrogens with one attached hydrogen (secondary N) is 2. The number of hydrogen-bond acceptors (Lipinski definition) is 5. The minimum absolute atomic E-state index is 0.0292. The molecule has 1 heterocycles. The molecule has 3 N–H and O–H groups in total. The van der Waals surface area contributed by atoms with Crippen LogP contribution in [-0.2, 0) is 0 Å². The van der Waals surface area contributed by atoms with E-state index in [1.807, 2.05) is 6.92 Å². The van der Waals surface area contributed by atoms with Crippen LogP contribution in [0.15, 0.2) is 4.52 Å². The van der Waals surface area contributed by atoms with E-state index in [1.54, 1.807) is 6.92 Å². The van der Waals surface area contributed by atoms with E-state index in [0.29, 0.717) is 18.1 Å². The third-order valence-corrected chi connectivity index (χ3v) is 3.81. The zero-order chi connectivity index (χ0) is 14.6. The van der Waals surface area contributed by atoms with Crippen LogP contribution in [0.4, 0.5) is 4.79 Å². The van der Waals surface area contributed by atoms with E-state index in [9.17, 15) is 9.90 Å². The number of hydrogen-bond donors (Lipinski definition) is 3. The average molecular weight is 282 g/mol. The molecule has 1 aromatic heterocycles. The number of urea groups is 1. The Balaban J connectivity index is 1.95. The maximum Gasteiger partial charge on any atom is 0.315 e. The Labute approximate surface area is 118 Å². The lowest BCUT2D eigenvalue weighted by Crippen LogP contribution is -2.53. The zero-order valence-corrected chi connectivity index (χ0v) is 12.0. The fourth-order valence-electron chi connectivity index (χ4n) is 2.62. The summed E-state index contributed by atoms with van der Waals surface area (Å²) in [4.78, 5) is 16.2. The summed E-state index contributed by atoms with van der Waals surface area (Å²) in [5, 5.41) is 19.1. The smallest absolute Gasteiger partial charge is 0.315 e. The number of aryl methyl sites for hydroxylation is 1. The molecule has 0 aliphatic heterocycles. The lowest BCUT2D eigenvalue weighted by molar-refractivity contribution is 0.161. The van der Waals surface area contributed by atoms with E-state index in [1.165, 1.54) is 0 Å². The van der Waals surface area contributed by atoms with Gasteiger partial charge in [-0.15, -0.1) is 0 Å². The van der Waals surface area contributed by atoms with Crippen molar-refractivity contribution in [3.05, 3.63) is 11.7 Å². The topological polar surface area (TPSA) is 100 Å². The van der Waals surface area contributed by atoms with Gasteiger partial charge in [-0.25, -0.2) is 4.79 Å². The van der Waals surface area contributed by atoms with E-state index in [-0.39, 0.29) is 18.7 Å². The predicted molar refractivity (Wildman–Crippen MR) is 72.0 cm³/mol. The van der Waals surface area contributed by atoms with Crippen LogP contribution in [-0.4, -0.2) is 33.4 Å². The molecule has 1 unspecified atom stereocenters. The minimum atomic E-state index is -0.477. The number of aromatic nitrogens is 2. The van der Waals surface area contributed by atoms with Gasteiger partial charge in [0.05, 0.1) is 18.2 Å². The van der Waals surface area contributed by atoms with Crippen LogP contribution in [0.2, 0.25) is 0 Å². The van der Waals surface area contributed by atoms with E-state index >= 15 is 0 Å². The molecule has 0 saturated heterocycles. The maximum absolute atomic E-state index is 12.1. The third-order valence-electron chi connectivity index (χ3n) is 3.81. The summed E-state index contributed by atoms with van der Waals surface area (Å²) in [5.74, 6) is 0.952. The molecule has 2 rings (SSSR count). The van der Waals surface area contributed by atoms with Crippen LogP contribution < -0.4 is 10.6 Å². The van der Waals surface area contributed by atoms with Gasteiger partial charge in [0.25, 0.3) is 0 Å².